The molecule has 4 aromatic rings. The molecule has 4 rings (SSSR count). The van der Waals surface area contributed by atoms with Gasteiger partial charge in [-0.25, -0.2) is 9.59 Å². The van der Waals surface area contributed by atoms with Gasteiger partial charge < -0.3 is 28.5 Å². The van der Waals surface area contributed by atoms with E-state index in [0.29, 0.717) is 24.7 Å². The highest BCUT2D eigenvalue weighted by Crippen LogP contribution is 2.21. The lowest BCUT2D eigenvalue weighted by atomic mass is 10.2. The predicted molar refractivity (Wildman–Crippen MR) is 124 cm³/mol. The summed E-state index contributed by atoms with van der Waals surface area (Å²) in [4.78, 5) is 46.2. The molecular formula is C25H20O10. The van der Waals surface area contributed by atoms with Crippen LogP contribution in [0.2, 0.25) is 0 Å². The van der Waals surface area contributed by atoms with Gasteiger partial charge in [-0.05, 0) is 55.7 Å². The van der Waals surface area contributed by atoms with Gasteiger partial charge in [-0.1, -0.05) is 0 Å². The number of hydrogen-bond donors (Lipinski definition) is 2. The fourth-order valence-corrected chi connectivity index (χ4v) is 3.42. The summed E-state index contributed by atoms with van der Waals surface area (Å²) in [6, 6.07) is 11.1. The molecule has 35 heavy (non-hydrogen) atoms. The average Bonchev–Trinajstić information content (AvgIpc) is 2.83. The van der Waals surface area contributed by atoms with Crippen LogP contribution < -0.4 is 20.3 Å². The Kier molecular flexibility index (Phi) is 6.81. The van der Waals surface area contributed by atoms with E-state index in [1.807, 2.05) is 0 Å². The van der Waals surface area contributed by atoms with Crippen molar-refractivity contribution < 1.29 is 38.1 Å². The van der Waals surface area contributed by atoms with Crippen molar-refractivity contribution in [2.24, 2.45) is 0 Å². The Morgan fingerprint density at radius 3 is 1.49 bits per heavy atom. The summed E-state index contributed by atoms with van der Waals surface area (Å²) >= 11 is 0. The molecule has 2 aromatic carbocycles. The highest BCUT2D eigenvalue weighted by atomic mass is 16.5. The zero-order valence-corrected chi connectivity index (χ0v) is 18.3. The Bertz CT molecular complexity index is 1410. The Hall–Kier alpha value is -4.60. The molecule has 2 N–H and O–H groups in total. The second-order valence-electron chi connectivity index (χ2n) is 7.63. The van der Waals surface area contributed by atoms with E-state index in [-0.39, 0.29) is 21.9 Å². The summed E-state index contributed by atoms with van der Waals surface area (Å²) < 4.78 is 21.7. The minimum atomic E-state index is -1.31. The zero-order chi connectivity index (χ0) is 24.9. The van der Waals surface area contributed by atoms with Crippen molar-refractivity contribution in [2.45, 2.75) is 19.3 Å². The van der Waals surface area contributed by atoms with Crippen molar-refractivity contribution in [2.75, 3.05) is 13.2 Å². The largest absolute Gasteiger partial charge is 0.494 e. The lowest BCUT2D eigenvalue weighted by molar-refractivity contribution is 0.0653. The van der Waals surface area contributed by atoms with E-state index in [1.165, 1.54) is 24.3 Å². The van der Waals surface area contributed by atoms with Gasteiger partial charge in [0, 0.05) is 12.1 Å². The van der Waals surface area contributed by atoms with Gasteiger partial charge in [0.15, 0.2) is 10.9 Å². The van der Waals surface area contributed by atoms with E-state index < -0.39 is 34.3 Å². The number of aromatic carboxylic acids is 2. The molecule has 0 fully saturated rings. The van der Waals surface area contributed by atoms with Gasteiger partial charge in [0.2, 0.25) is 11.5 Å². The molecule has 180 valence electrons. The number of carbonyl (C=O) groups is 2. The highest BCUT2D eigenvalue weighted by molar-refractivity contribution is 5.88. The minimum absolute atomic E-state index is 0.174. The van der Waals surface area contributed by atoms with Crippen LogP contribution in [0.25, 0.3) is 21.9 Å². The number of carboxylic acid groups (broad SMARTS) is 2. The Morgan fingerprint density at radius 1 is 0.657 bits per heavy atom. The van der Waals surface area contributed by atoms with Gasteiger partial charge in [-0.3, -0.25) is 9.59 Å². The summed E-state index contributed by atoms with van der Waals surface area (Å²) in [6.07, 6.45) is 2.26. The third-order valence-electron chi connectivity index (χ3n) is 5.14. The molecule has 0 radical (unpaired) electrons. The van der Waals surface area contributed by atoms with E-state index >= 15 is 0 Å². The number of benzene rings is 2. The van der Waals surface area contributed by atoms with Gasteiger partial charge in [0.1, 0.15) is 22.7 Å². The van der Waals surface area contributed by atoms with Crippen molar-refractivity contribution in [3.05, 3.63) is 80.5 Å². The fraction of sp³-hybridized carbons (Fsp3) is 0.200. The monoisotopic (exact) mass is 480 g/mol. The average molecular weight is 480 g/mol. The Labute approximate surface area is 196 Å². The van der Waals surface area contributed by atoms with Crippen molar-refractivity contribution in [3.8, 4) is 11.5 Å². The van der Waals surface area contributed by atoms with E-state index in [9.17, 15) is 19.2 Å². The molecule has 0 spiro atoms. The zero-order valence-electron chi connectivity index (χ0n) is 18.3. The van der Waals surface area contributed by atoms with Gasteiger partial charge in [0.25, 0.3) is 0 Å². The second kappa shape index (κ2) is 10.1. The van der Waals surface area contributed by atoms with Crippen LogP contribution in [0.4, 0.5) is 0 Å². The second-order valence-corrected chi connectivity index (χ2v) is 7.63. The molecule has 0 saturated heterocycles. The molecular weight excluding hydrogens is 460 g/mol. The van der Waals surface area contributed by atoms with Crippen molar-refractivity contribution in [3.63, 3.8) is 0 Å². The van der Waals surface area contributed by atoms with Gasteiger partial charge in [0.05, 0.1) is 24.0 Å². The lowest BCUT2D eigenvalue weighted by Gasteiger charge is -2.09. The van der Waals surface area contributed by atoms with E-state index in [2.05, 4.69) is 0 Å². The number of rotatable bonds is 10. The van der Waals surface area contributed by atoms with Crippen molar-refractivity contribution in [1.82, 2.24) is 0 Å². The molecule has 0 unspecified atom stereocenters. The normalized spacial score (nSPS) is 11.0. The van der Waals surface area contributed by atoms with Crippen molar-refractivity contribution >= 4 is 33.9 Å². The van der Waals surface area contributed by atoms with Gasteiger partial charge in [-0.15, -0.1) is 0 Å². The Balaban J connectivity index is 1.24. The topological polar surface area (TPSA) is 153 Å². The quantitative estimate of drug-likeness (QED) is 0.319. The molecule has 0 amide bonds. The molecule has 10 heteroatoms. The predicted octanol–water partition coefficient (Wildman–Crippen LogP) is 3.92. The third-order valence-corrected chi connectivity index (χ3v) is 5.14. The molecule has 0 aliphatic heterocycles. The number of fused-ring (bicyclic) bond motifs is 2. The van der Waals surface area contributed by atoms with Gasteiger partial charge >= 0.3 is 11.9 Å². The van der Waals surface area contributed by atoms with Crippen LogP contribution in [0.1, 0.15) is 40.4 Å². The van der Waals surface area contributed by atoms with Crippen LogP contribution in [-0.2, 0) is 0 Å². The first-order valence-corrected chi connectivity index (χ1v) is 10.7. The molecule has 0 bridgehead atoms. The standard InChI is InChI=1S/C25H20O10/c26-18-12-22(24(28)29)34-20-6-4-14(10-16(18)20)32-8-2-1-3-9-33-15-5-7-21-17(11-15)19(27)13-23(35-21)25(30)31/h4-7,10-13H,1-3,8-9H2,(H,28,29)(H,30,31). The van der Waals surface area contributed by atoms with E-state index in [4.69, 9.17) is 28.5 Å². The fourth-order valence-electron chi connectivity index (χ4n) is 3.42. The van der Waals surface area contributed by atoms with Crippen LogP contribution >= 0.6 is 0 Å². The van der Waals surface area contributed by atoms with Crippen LogP contribution in [0, 0.1) is 0 Å². The van der Waals surface area contributed by atoms with Crippen LogP contribution in [0.3, 0.4) is 0 Å². The molecule has 0 atom stereocenters. The maximum absolute atomic E-state index is 12.1. The lowest BCUT2D eigenvalue weighted by Crippen LogP contribution is -2.07. The molecule has 2 heterocycles. The third kappa shape index (κ3) is 5.49. The van der Waals surface area contributed by atoms with E-state index in [0.717, 1.165) is 31.4 Å². The number of ether oxygens (including phenoxy) is 2. The summed E-state index contributed by atoms with van der Waals surface area (Å²) in [5.74, 6) is -2.51. The van der Waals surface area contributed by atoms with Crippen LogP contribution in [0.15, 0.2) is 67.0 Å². The molecule has 10 nitrogen and oxygen atoms in total. The maximum atomic E-state index is 12.1. The van der Waals surface area contributed by atoms with Crippen LogP contribution in [0.5, 0.6) is 11.5 Å². The molecule has 2 aromatic heterocycles. The Morgan fingerprint density at radius 2 is 1.09 bits per heavy atom. The SMILES string of the molecule is O=C(O)c1cc(=O)c2cc(OCCCCCOc3ccc4oc(C(=O)O)cc(=O)c4c3)ccc2o1. The smallest absolute Gasteiger partial charge is 0.371 e. The number of unbranched alkanes of at least 4 members (excludes halogenated alkanes) is 2. The maximum Gasteiger partial charge on any atom is 0.371 e. The number of hydrogen-bond acceptors (Lipinski definition) is 8. The van der Waals surface area contributed by atoms with Crippen molar-refractivity contribution in [1.29, 1.82) is 0 Å². The summed E-state index contributed by atoms with van der Waals surface area (Å²) in [7, 11) is 0. The first-order chi connectivity index (χ1) is 16.8. The minimum Gasteiger partial charge on any atom is -0.494 e. The molecule has 0 saturated carbocycles. The van der Waals surface area contributed by atoms with Crippen LogP contribution in [-0.4, -0.2) is 35.4 Å². The first kappa shape index (κ1) is 23.6. The molecule has 0 aliphatic carbocycles. The van der Waals surface area contributed by atoms with E-state index in [1.54, 1.807) is 12.1 Å². The number of carboxylic acids is 2. The summed E-state index contributed by atoms with van der Waals surface area (Å²) in [6.45, 7) is 0.819. The first-order valence-electron chi connectivity index (χ1n) is 10.7. The highest BCUT2D eigenvalue weighted by Gasteiger charge is 2.12. The summed E-state index contributed by atoms with van der Waals surface area (Å²) in [5, 5.41) is 18.4. The van der Waals surface area contributed by atoms with Gasteiger partial charge in [-0.2, -0.15) is 0 Å². The molecule has 0 aliphatic rings. The summed E-state index contributed by atoms with van der Waals surface area (Å²) in [5.41, 5.74) is -0.568.